The maximum Gasteiger partial charge on any atom is 0.303 e. The molecule has 4 aliphatic heterocycles. The second-order valence-electron chi connectivity index (χ2n) is 11.2. The molecule has 45 heavy (non-hydrogen) atoms. The van der Waals surface area contributed by atoms with E-state index >= 15 is 0 Å². The van der Waals surface area contributed by atoms with E-state index in [2.05, 4.69) is 0 Å². The van der Waals surface area contributed by atoms with Crippen LogP contribution in [-0.2, 0) is 63.7 Å². The van der Waals surface area contributed by atoms with Gasteiger partial charge in [0.1, 0.15) is 24.1 Å². The fraction of sp³-hybridized carbons (Fsp3) is 0.633. The smallest absolute Gasteiger partial charge is 0.303 e. The Morgan fingerprint density at radius 1 is 0.911 bits per heavy atom. The zero-order valence-corrected chi connectivity index (χ0v) is 25.7. The van der Waals surface area contributed by atoms with Crippen molar-refractivity contribution in [1.82, 2.24) is 4.90 Å². The van der Waals surface area contributed by atoms with Crippen molar-refractivity contribution in [2.24, 2.45) is 0 Å². The number of benzene rings is 1. The van der Waals surface area contributed by atoms with E-state index in [9.17, 15) is 24.0 Å². The summed E-state index contributed by atoms with van der Waals surface area (Å²) >= 11 is 0. The summed E-state index contributed by atoms with van der Waals surface area (Å²) in [6, 6.07) is 3.52. The highest BCUT2D eigenvalue weighted by molar-refractivity contribution is 5.91. The number of Topliss-reactive ketones (excluding diaryl/α,β-unsaturated/α-hetero) is 1. The summed E-state index contributed by atoms with van der Waals surface area (Å²) in [7, 11) is 2.79. The average molecular weight is 636 g/mol. The lowest BCUT2D eigenvalue weighted by Gasteiger charge is -2.45. The fourth-order valence-corrected chi connectivity index (χ4v) is 6.31. The molecule has 1 amide bonds. The first-order valence-electron chi connectivity index (χ1n) is 14.6. The van der Waals surface area contributed by atoms with Crippen LogP contribution in [0.15, 0.2) is 12.1 Å². The van der Waals surface area contributed by atoms with Gasteiger partial charge in [0.15, 0.2) is 30.0 Å². The Morgan fingerprint density at radius 2 is 1.58 bits per heavy atom. The maximum absolute atomic E-state index is 14.1. The number of hydrogen-bond donors (Lipinski definition) is 0. The van der Waals surface area contributed by atoms with Crippen molar-refractivity contribution >= 4 is 29.6 Å². The highest BCUT2D eigenvalue weighted by Crippen LogP contribution is 2.42. The number of methoxy groups -OCH3 is 2. The number of esters is 3. The van der Waals surface area contributed by atoms with E-state index in [1.807, 2.05) is 0 Å². The zero-order chi connectivity index (χ0) is 32.4. The van der Waals surface area contributed by atoms with E-state index in [0.717, 1.165) is 13.8 Å². The summed E-state index contributed by atoms with van der Waals surface area (Å²) in [5.74, 6) is -2.72. The molecule has 246 valence electrons. The molecular formula is C30H37NO14. The molecule has 2 saturated heterocycles. The molecule has 0 unspecified atom stereocenters. The Hall–Kier alpha value is -3.79. The lowest BCUT2D eigenvalue weighted by atomic mass is 9.86. The first-order valence-corrected chi connectivity index (χ1v) is 14.6. The molecule has 15 heteroatoms. The van der Waals surface area contributed by atoms with Crippen molar-refractivity contribution in [3.05, 3.63) is 23.3 Å². The number of rotatable bonds is 8. The topological polar surface area (TPSA) is 172 Å². The van der Waals surface area contributed by atoms with Crippen molar-refractivity contribution in [3.8, 4) is 11.5 Å². The van der Waals surface area contributed by atoms with Crippen LogP contribution < -0.4 is 9.47 Å². The fourth-order valence-electron chi connectivity index (χ4n) is 6.31. The molecule has 1 aromatic carbocycles. The number of nitrogens with zero attached hydrogens (tertiary/aromatic N) is 1. The molecule has 0 saturated carbocycles. The molecule has 2 bridgehead atoms. The molecule has 2 fully saturated rings. The first kappa shape index (κ1) is 32.6. The second kappa shape index (κ2) is 13.7. The van der Waals surface area contributed by atoms with Crippen LogP contribution >= 0.6 is 0 Å². The van der Waals surface area contributed by atoms with Crippen LogP contribution in [0.1, 0.15) is 50.7 Å². The van der Waals surface area contributed by atoms with Crippen LogP contribution in [0.2, 0.25) is 0 Å². The lowest BCUT2D eigenvalue weighted by Crippen LogP contribution is -2.63. The van der Waals surface area contributed by atoms with E-state index in [0.29, 0.717) is 29.0 Å². The van der Waals surface area contributed by atoms with Crippen molar-refractivity contribution < 1.29 is 66.6 Å². The Balaban J connectivity index is 1.54. The molecule has 5 rings (SSSR count). The quantitative estimate of drug-likeness (QED) is 0.290. The van der Waals surface area contributed by atoms with Crippen molar-refractivity contribution in [1.29, 1.82) is 0 Å². The van der Waals surface area contributed by atoms with E-state index in [1.165, 1.54) is 26.0 Å². The monoisotopic (exact) mass is 635 g/mol. The summed E-state index contributed by atoms with van der Waals surface area (Å²) in [5, 5.41) is 0. The van der Waals surface area contributed by atoms with E-state index in [4.69, 9.17) is 42.6 Å². The van der Waals surface area contributed by atoms with Gasteiger partial charge < -0.3 is 47.5 Å². The van der Waals surface area contributed by atoms with Crippen molar-refractivity contribution in [2.45, 2.75) is 89.0 Å². The van der Waals surface area contributed by atoms with Gasteiger partial charge in [-0.15, -0.1) is 0 Å². The van der Waals surface area contributed by atoms with Crippen LogP contribution in [0, 0.1) is 0 Å². The molecule has 15 nitrogen and oxygen atoms in total. The van der Waals surface area contributed by atoms with Gasteiger partial charge in [0.2, 0.25) is 12.9 Å². The number of fused-ring (bicyclic) bond motifs is 6. The highest BCUT2D eigenvalue weighted by Gasteiger charge is 2.53. The summed E-state index contributed by atoms with van der Waals surface area (Å²) in [4.78, 5) is 66.3. The number of carbonyl (C=O) groups excluding carboxylic acids is 5. The van der Waals surface area contributed by atoms with E-state index in [-0.39, 0.29) is 38.7 Å². The summed E-state index contributed by atoms with van der Waals surface area (Å²) < 4.78 is 51.0. The van der Waals surface area contributed by atoms with E-state index in [1.54, 1.807) is 12.1 Å². The van der Waals surface area contributed by atoms with Crippen LogP contribution in [0.3, 0.4) is 0 Å². The number of carbonyl (C=O) groups is 5. The van der Waals surface area contributed by atoms with Gasteiger partial charge in [-0.2, -0.15) is 0 Å². The number of ketones is 1. The number of ether oxygens (including phenoxy) is 9. The average Bonchev–Trinajstić information content (AvgIpc) is 3.35. The summed E-state index contributed by atoms with van der Waals surface area (Å²) in [6.45, 7) is 3.79. The van der Waals surface area contributed by atoms with Gasteiger partial charge >= 0.3 is 17.9 Å². The Kier molecular flexibility index (Phi) is 9.91. The van der Waals surface area contributed by atoms with Crippen LogP contribution in [0.4, 0.5) is 0 Å². The van der Waals surface area contributed by atoms with Crippen molar-refractivity contribution in [2.75, 3.05) is 34.2 Å². The minimum Gasteiger partial charge on any atom is -0.455 e. The molecule has 0 aromatic heterocycles. The molecular weight excluding hydrogens is 598 g/mol. The molecule has 0 spiro atoms. The lowest BCUT2D eigenvalue weighted by molar-refractivity contribution is -0.322. The third kappa shape index (κ3) is 6.90. The van der Waals surface area contributed by atoms with Crippen molar-refractivity contribution in [3.63, 3.8) is 0 Å². The molecule has 0 N–H and O–H groups in total. The minimum absolute atomic E-state index is 0.0388. The Morgan fingerprint density at radius 3 is 2.22 bits per heavy atom. The standard InChI is InChI=1S/C30H37NO14/c1-14(32)41-26-23(44-30-28(43-16(3)34)27(42-15(2)33)25(38-5)24(45-30)12-37-4)10-20(35)18-6-7-31(29(26)36)11-17-8-21-22(9-19(17)18)40-13-39-21/h8-9,18,23-28,30H,6-7,10-13H2,1-5H3/t18-,23+,24+,25+,26-,27-,28-,30-/m0/s1. The third-order valence-electron chi connectivity index (χ3n) is 8.14. The van der Waals surface area contributed by atoms with Gasteiger partial charge in [0.05, 0.1) is 6.61 Å². The zero-order valence-electron chi connectivity index (χ0n) is 25.7. The SMILES string of the molecule is COC[C@H]1O[C@H](O[C@@H]2CC(=O)[C@H]3CCN(Cc4cc5c(cc43)OCO5)C(=O)[C@H]2OC(C)=O)[C@@H](OC(C)=O)[C@@H](OC(C)=O)[C@@H]1OC. The normalized spacial score (nSPS) is 30.8. The van der Waals surface area contributed by atoms with Crippen LogP contribution in [-0.4, -0.2) is 112 Å². The van der Waals surface area contributed by atoms with Crippen LogP contribution in [0.25, 0.3) is 0 Å². The Labute approximate surface area is 259 Å². The second-order valence-corrected chi connectivity index (χ2v) is 11.2. The van der Waals surface area contributed by atoms with Gasteiger partial charge in [-0.25, -0.2) is 0 Å². The predicted molar refractivity (Wildman–Crippen MR) is 148 cm³/mol. The predicted octanol–water partition coefficient (Wildman–Crippen LogP) is 0.771. The van der Waals surface area contributed by atoms with E-state index < -0.39 is 72.6 Å². The molecule has 4 aliphatic rings. The molecule has 1 aromatic rings. The number of amides is 1. The summed E-state index contributed by atoms with van der Waals surface area (Å²) in [6.07, 6.45) is -8.94. The summed E-state index contributed by atoms with van der Waals surface area (Å²) in [5.41, 5.74) is 1.42. The number of hydrogen-bond acceptors (Lipinski definition) is 14. The van der Waals surface area contributed by atoms with Gasteiger partial charge in [-0.1, -0.05) is 0 Å². The highest BCUT2D eigenvalue weighted by atomic mass is 16.7. The molecule has 0 aliphatic carbocycles. The first-order chi connectivity index (χ1) is 21.5. The Bertz CT molecular complexity index is 1330. The van der Waals surface area contributed by atoms with Crippen LogP contribution in [0.5, 0.6) is 11.5 Å². The van der Waals surface area contributed by atoms with Gasteiger partial charge in [-0.3, -0.25) is 24.0 Å². The maximum atomic E-state index is 14.1. The van der Waals surface area contributed by atoms with Gasteiger partial charge in [-0.05, 0) is 29.7 Å². The molecule has 4 heterocycles. The molecule has 0 radical (unpaired) electrons. The molecule has 8 atom stereocenters. The van der Waals surface area contributed by atoms with Gasteiger partial charge in [0, 0.05) is 60.4 Å². The third-order valence-corrected chi connectivity index (χ3v) is 8.14. The van der Waals surface area contributed by atoms with Gasteiger partial charge in [0.25, 0.3) is 5.91 Å². The largest absolute Gasteiger partial charge is 0.455 e. The minimum atomic E-state index is -1.56.